The second-order valence-electron chi connectivity index (χ2n) is 19.3. The van der Waals surface area contributed by atoms with Gasteiger partial charge >= 0.3 is 0 Å². The molecule has 0 aliphatic carbocycles. The summed E-state index contributed by atoms with van der Waals surface area (Å²) in [7, 11) is 0. The quantitative estimate of drug-likeness (QED) is 0.152. The monoisotopic (exact) mass is 943 g/mol. The smallest absolute Gasteiger partial charge is 0.135 e. The summed E-state index contributed by atoms with van der Waals surface area (Å²) >= 11 is 0. The summed E-state index contributed by atoms with van der Waals surface area (Å²) in [6.07, 6.45) is 0. The minimum Gasteiger partial charge on any atom is -0.456 e. The van der Waals surface area contributed by atoms with E-state index in [0.717, 1.165) is 67.1 Å². The van der Waals surface area contributed by atoms with E-state index in [2.05, 4.69) is 287 Å². The molecule has 0 bridgehead atoms. The minimum absolute atomic E-state index is 0.849. The zero-order valence-corrected chi connectivity index (χ0v) is 40.2. The Morgan fingerprint density at radius 1 is 0.270 bits per heavy atom. The molecule has 15 rings (SSSR count). The average Bonchev–Trinajstić information content (AvgIpc) is 4.13. The molecule has 12 aromatic carbocycles. The lowest BCUT2D eigenvalue weighted by molar-refractivity contribution is 0.669. The number of furan rings is 1. The summed E-state index contributed by atoms with van der Waals surface area (Å²) < 4.78 is 11.4. The predicted molar refractivity (Wildman–Crippen MR) is 311 cm³/mol. The molecule has 0 aliphatic rings. The van der Waals surface area contributed by atoms with Crippen LogP contribution in [-0.2, 0) is 0 Å². The number of hydrogen-bond donors (Lipinski definition) is 0. The van der Waals surface area contributed by atoms with Gasteiger partial charge in [0.25, 0.3) is 0 Å². The number of para-hydroxylation sites is 4. The van der Waals surface area contributed by atoms with Crippen molar-refractivity contribution in [2.45, 2.75) is 0 Å². The van der Waals surface area contributed by atoms with Gasteiger partial charge in [-0.1, -0.05) is 176 Å². The Labute approximate surface area is 427 Å². The van der Waals surface area contributed by atoms with Gasteiger partial charge in [0.05, 0.1) is 22.1 Å². The highest BCUT2D eigenvalue weighted by Gasteiger charge is 2.20. The molecular formula is C70H45N3O. The van der Waals surface area contributed by atoms with E-state index in [1.54, 1.807) is 0 Å². The number of benzene rings is 12. The molecule has 0 amide bonds. The summed E-state index contributed by atoms with van der Waals surface area (Å²) in [6.45, 7) is 0. The molecule has 74 heavy (non-hydrogen) atoms. The third kappa shape index (κ3) is 6.69. The van der Waals surface area contributed by atoms with Crippen LogP contribution in [0.2, 0.25) is 0 Å². The van der Waals surface area contributed by atoms with E-state index in [4.69, 9.17) is 4.42 Å². The summed E-state index contributed by atoms with van der Waals surface area (Å²) in [5.41, 5.74) is 18.9. The first-order valence-electron chi connectivity index (χ1n) is 25.3. The van der Waals surface area contributed by atoms with Crippen molar-refractivity contribution in [2.24, 2.45) is 0 Å². The Hall–Kier alpha value is -9.90. The first-order valence-corrected chi connectivity index (χ1v) is 25.3. The average molecular weight is 944 g/mol. The summed E-state index contributed by atoms with van der Waals surface area (Å²) in [4.78, 5) is 2.37. The molecule has 0 unspecified atom stereocenters. The number of anilines is 3. The highest BCUT2D eigenvalue weighted by Crippen LogP contribution is 2.43. The van der Waals surface area contributed by atoms with E-state index in [9.17, 15) is 0 Å². The third-order valence-corrected chi connectivity index (χ3v) is 15.1. The lowest BCUT2D eigenvalue weighted by Crippen LogP contribution is -2.09. The van der Waals surface area contributed by atoms with Gasteiger partial charge in [-0.15, -0.1) is 0 Å². The van der Waals surface area contributed by atoms with Crippen LogP contribution in [0.3, 0.4) is 0 Å². The molecule has 3 heterocycles. The lowest BCUT2D eigenvalue weighted by Gasteiger charge is -2.26. The molecule has 15 aromatic rings. The highest BCUT2D eigenvalue weighted by atomic mass is 16.3. The molecule has 4 nitrogen and oxygen atoms in total. The minimum atomic E-state index is 0.849. The van der Waals surface area contributed by atoms with Gasteiger partial charge in [0.15, 0.2) is 0 Å². The zero-order chi connectivity index (χ0) is 48.7. The van der Waals surface area contributed by atoms with E-state index in [-0.39, 0.29) is 0 Å². The fourth-order valence-corrected chi connectivity index (χ4v) is 11.7. The van der Waals surface area contributed by atoms with Gasteiger partial charge in [0.1, 0.15) is 11.2 Å². The summed E-state index contributed by atoms with van der Waals surface area (Å²) in [6, 6.07) is 98.9. The van der Waals surface area contributed by atoms with Crippen LogP contribution in [0.25, 0.3) is 121 Å². The molecule has 0 fully saturated rings. The van der Waals surface area contributed by atoms with E-state index in [1.807, 2.05) is 0 Å². The number of aromatic nitrogens is 2. The molecule has 3 aromatic heterocycles. The SMILES string of the molecule is c1ccc(-c2cccc3cccc(-c4ccc(N(c5ccc(-c6ccc7c8ccccc8n(-c8ccccc8)c7c6)cc5)c5ccc6oc7ccc(-n8c9ccccc9c9ccccc98)cc7c6c5)cc4)c23)cc1. The van der Waals surface area contributed by atoms with Crippen LogP contribution in [0, 0.1) is 0 Å². The Morgan fingerprint density at radius 3 is 1.36 bits per heavy atom. The van der Waals surface area contributed by atoms with Crippen molar-refractivity contribution in [1.29, 1.82) is 0 Å². The van der Waals surface area contributed by atoms with Crippen LogP contribution in [0.5, 0.6) is 0 Å². The van der Waals surface area contributed by atoms with Crippen LogP contribution in [0.4, 0.5) is 17.1 Å². The maximum atomic E-state index is 6.61. The normalized spacial score (nSPS) is 11.8. The van der Waals surface area contributed by atoms with Crippen LogP contribution < -0.4 is 4.90 Å². The third-order valence-electron chi connectivity index (χ3n) is 15.1. The second-order valence-corrected chi connectivity index (χ2v) is 19.3. The van der Waals surface area contributed by atoms with Crippen LogP contribution >= 0.6 is 0 Å². The van der Waals surface area contributed by atoms with Gasteiger partial charge in [-0.25, -0.2) is 0 Å². The number of fused-ring (bicyclic) bond motifs is 10. The van der Waals surface area contributed by atoms with Gasteiger partial charge in [-0.3, -0.25) is 0 Å². The van der Waals surface area contributed by atoms with Crippen LogP contribution in [0.15, 0.2) is 277 Å². The van der Waals surface area contributed by atoms with Crippen LogP contribution in [-0.4, -0.2) is 9.13 Å². The Balaban J connectivity index is 0.873. The van der Waals surface area contributed by atoms with Crippen molar-refractivity contribution >= 4 is 93.4 Å². The molecule has 0 radical (unpaired) electrons. The Morgan fingerprint density at radius 2 is 0.743 bits per heavy atom. The van der Waals surface area contributed by atoms with Gasteiger partial charge in [0.2, 0.25) is 0 Å². The van der Waals surface area contributed by atoms with Crippen molar-refractivity contribution in [3.63, 3.8) is 0 Å². The molecule has 0 N–H and O–H groups in total. The number of rotatable bonds is 8. The molecule has 346 valence electrons. The van der Waals surface area contributed by atoms with Gasteiger partial charge < -0.3 is 18.5 Å². The fraction of sp³-hybridized carbons (Fsp3) is 0. The van der Waals surface area contributed by atoms with E-state index in [1.165, 1.54) is 71.1 Å². The van der Waals surface area contributed by atoms with Crippen molar-refractivity contribution < 1.29 is 4.42 Å². The molecule has 4 heteroatoms. The maximum Gasteiger partial charge on any atom is 0.135 e. The molecule has 0 spiro atoms. The molecule has 0 saturated heterocycles. The van der Waals surface area contributed by atoms with Crippen molar-refractivity contribution in [2.75, 3.05) is 4.90 Å². The van der Waals surface area contributed by atoms with E-state index in [0.29, 0.717) is 0 Å². The van der Waals surface area contributed by atoms with Gasteiger partial charge in [0, 0.05) is 60.8 Å². The molecule has 0 saturated carbocycles. The topological polar surface area (TPSA) is 26.2 Å². The van der Waals surface area contributed by atoms with Crippen molar-refractivity contribution in [3.8, 4) is 44.8 Å². The standard InChI is InChI=1S/C70H45N3O/c1-3-15-47(16-4-1)56-24-13-17-49-18-14-25-57(70(49)56)48-31-36-53(37-32-48)71(52-34-29-46(30-35-52)50-33-40-61-60-23-9-10-26-64(60)72(67(61)43-50)51-19-5-2-6-20-51)54-38-41-68-62(44-54)63-45-55(39-42-69(63)74-68)73-65-27-11-7-21-58(65)59-22-8-12-28-66(59)73/h1-45H. The van der Waals surface area contributed by atoms with Gasteiger partial charge in [-0.05, 0) is 141 Å². The molecule has 0 aliphatic heterocycles. The number of nitrogens with zero attached hydrogens (tertiary/aromatic N) is 3. The predicted octanol–water partition coefficient (Wildman–Crippen LogP) is 19.4. The zero-order valence-electron chi connectivity index (χ0n) is 40.2. The Bertz CT molecular complexity index is 4580. The fourth-order valence-electron chi connectivity index (χ4n) is 11.7. The number of hydrogen-bond acceptors (Lipinski definition) is 2. The molecular weight excluding hydrogens is 899 g/mol. The Kier molecular flexibility index (Phi) is 9.54. The van der Waals surface area contributed by atoms with E-state index >= 15 is 0 Å². The molecule has 0 atom stereocenters. The first kappa shape index (κ1) is 41.8. The lowest BCUT2D eigenvalue weighted by atomic mass is 9.91. The van der Waals surface area contributed by atoms with Crippen molar-refractivity contribution in [1.82, 2.24) is 9.13 Å². The highest BCUT2D eigenvalue weighted by molar-refractivity contribution is 6.13. The van der Waals surface area contributed by atoms with Crippen molar-refractivity contribution in [3.05, 3.63) is 273 Å². The second kappa shape index (κ2) is 16.9. The van der Waals surface area contributed by atoms with E-state index < -0.39 is 0 Å². The van der Waals surface area contributed by atoms with Crippen LogP contribution in [0.1, 0.15) is 0 Å². The summed E-state index contributed by atoms with van der Waals surface area (Å²) in [5.74, 6) is 0. The maximum absolute atomic E-state index is 6.61. The van der Waals surface area contributed by atoms with Gasteiger partial charge in [-0.2, -0.15) is 0 Å². The summed E-state index contributed by atoms with van der Waals surface area (Å²) in [5, 5.41) is 9.57. The largest absolute Gasteiger partial charge is 0.456 e. The first-order chi connectivity index (χ1) is 36.7.